The van der Waals surface area contributed by atoms with Gasteiger partial charge >= 0.3 is 6.18 Å². The van der Waals surface area contributed by atoms with Crippen molar-refractivity contribution < 1.29 is 36.1 Å². The standard InChI is InChI=1S/C16H13F6N5O3/c17-10-6-12(19)11(18)4-8(10)3-9(27(29)30)5-14(28)25-1-2-26(13(23)7-25)15(24)16(20,21)22/h3-4,6,23-24H,1-2,5,7H2/b9-3-,23-13?,24-15?. The van der Waals surface area contributed by atoms with Gasteiger partial charge in [0.05, 0.1) is 11.5 Å². The summed E-state index contributed by atoms with van der Waals surface area (Å²) in [4.78, 5) is 23.6. The van der Waals surface area contributed by atoms with E-state index in [4.69, 9.17) is 10.8 Å². The predicted molar refractivity (Wildman–Crippen MR) is 90.7 cm³/mol. The SMILES string of the molecule is N=C1CN(C(=O)C/C(=C/c2cc(F)c(F)cc2F)[N+](=O)[O-])CCN1C(=N)C(F)(F)F. The fraction of sp³-hybridized carbons (Fsp3) is 0.312. The van der Waals surface area contributed by atoms with Crippen molar-refractivity contribution in [1.29, 1.82) is 10.8 Å². The van der Waals surface area contributed by atoms with Crippen LogP contribution in [0.4, 0.5) is 26.3 Å². The van der Waals surface area contributed by atoms with Gasteiger partial charge in [-0.25, -0.2) is 13.2 Å². The zero-order valence-corrected chi connectivity index (χ0v) is 14.9. The number of carbonyl (C=O) groups is 1. The Balaban J connectivity index is 2.16. The van der Waals surface area contributed by atoms with Gasteiger partial charge in [0.15, 0.2) is 11.6 Å². The molecule has 0 bridgehead atoms. The largest absolute Gasteiger partial charge is 0.449 e. The first-order valence-electron chi connectivity index (χ1n) is 8.09. The van der Waals surface area contributed by atoms with Crippen molar-refractivity contribution in [1.82, 2.24) is 9.80 Å². The number of piperazine rings is 1. The van der Waals surface area contributed by atoms with Gasteiger partial charge < -0.3 is 9.80 Å². The van der Waals surface area contributed by atoms with Crippen LogP contribution in [0.2, 0.25) is 0 Å². The monoisotopic (exact) mass is 437 g/mol. The molecule has 1 saturated heterocycles. The summed E-state index contributed by atoms with van der Waals surface area (Å²) in [6.45, 7) is -1.52. The second kappa shape index (κ2) is 8.51. The van der Waals surface area contributed by atoms with Crippen LogP contribution in [0.5, 0.6) is 0 Å². The second-order valence-electron chi connectivity index (χ2n) is 6.12. The normalized spacial score (nSPS) is 15.4. The van der Waals surface area contributed by atoms with E-state index in [1.165, 1.54) is 0 Å². The Hall–Kier alpha value is -3.45. The van der Waals surface area contributed by atoms with Crippen molar-refractivity contribution in [2.24, 2.45) is 0 Å². The first-order valence-corrected chi connectivity index (χ1v) is 8.09. The molecule has 2 N–H and O–H groups in total. The molecule has 1 heterocycles. The van der Waals surface area contributed by atoms with Gasteiger partial charge in [0.25, 0.3) is 5.70 Å². The van der Waals surface area contributed by atoms with Gasteiger partial charge in [-0.2, -0.15) is 13.2 Å². The highest BCUT2D eigenvalue weighted by Crippen LogP contribution is 2.22. The quantitative estimate of drug-likeness (QED) is 0.188. The lowest BCUT2D eigenvalue weighted by molar-refractivity contribution is -0.425. The number of hydrogen-bond acceptors (Lipinski definition) is 5. The van der Waals surface area contributed by atoms with Gasteiger partial charge in [0.1, 0.15) is 18.1 Å². The number of hydrogen-bond donors (Lipinski definition) is 2. The Morgan fingerprint density at radius 3 is 2.30 bits per heavy atom. The van der Waals surface area contributed by atoms with E-state index in [1.54, 1.807) is 0 Å². The van der Waals surface area contributed by atoms with Gasteiger partial charge in [0, 0.05) is 30.8 Å². The summed E-state index contributed by atoms with van der Waals surface area (Å²) in [7, 11) is 0. The topological polar surface area (TPSA) is 114 Å². The highest BCUT2D eigenvalue weighted by Gasteiger charge is 2.41. The van der Waals surface area contributed by atoms with E-state index >= 15 is 0 Å². The summed E-state index contributed by atoms with van der Waals surface area (Å²) >= 11 is 0. The van der Waals surface area contributed by atoms with Crippen molar-refractivity contribution in [2.75, 3.05) is 19.6 Å². The van der Waals surface area contributed by atoms with Crippen LogP contribution in [0, 0.1) is 38.4 Å². The minimum absolute atomic E-state index is 0.177. The molecule has 2 rings (SSSR count). The van der Waals surface area contributed by atoms with E-state index in [2.05, 4.69) is 0 Å². The molecule has 14 heteroatoms. The van der Waals surface area contributed by atoms with Crippen LogP contribution >= 0.6 is 0 Å². The molecular formula is C16H13F6N5O3. The molecule has 1 aromatic rings. The molecule has 1 aliphatic heterocycles. The number of alkyl halides is 3. The van der Waals surface area contributed by atoms with Gasteiger partial charge in [-0.3, -0.25) is 25.7 Å². The first kappa shape index (κ1) is 22.8. The Kier molecular flexibility index (Phi) is 6.47. The summed E-state index contributed by atoms with van der Waals surface area (Å²) in [5.41, 5.74) is -1.55. The average Bonchev–Trinajstić information content (AvgIpc) is 2.63. The molecule has 1 aromatic carbocycles. The molecule has 30 heavy (non-hydrogen) atoms. The maximum atomic E-state index is 13.7. The van der Waals surface area contributed by atoms with Gasteiger partial charge in [0.2, 0.25) is 11.7 Å². The summed E-state index contributed by atoms with van der Waals surface area (Å²) < 4.78 is 77.7. The van der Waals surface area contributed by atoms with Crippen LogP contribution in [0.25, 0.3) is 6.08 Å². The third-order valence-corrected chi connectivity index (χ3v) is 4.08. The maximum Gasteiger partial charge on any atom is 0.449 e. The molecule has 162 valence electrons. The number of amidine groups is 2. The predicted octanol–water partition coefficient (Wildman–Crippen LogP) is 2.77. The molecular weight excluding hydrogens is 424 g/mol. The maximum absolute atomic E-state index is 13.7. The smallest absolute Gasteiger partial charge is 0.333 e. The molecule has 0 aliphatic carbocycles. The molecule has 1 aliphatic rings. The van der Waals surface area contributed by atoms with Crippen LogP contribution in [0.15, 0.2) is 17.8 Å². The van der Waals surface area contributed by atoms with E-state index in [1.807, 2.05) is 0 Å². The zero-order valence-electron chi connectivity index (χ0n) is 14.9. The van der Waals surface area contributed by atoms with Crippen molar-refractivity contribution in [3.8, 4) is 0 Å². The molecule has 0 spiro atoms. The molecule has 1 amide bonds. The van der Waals surface area contributed by atoms with Crippen LogP contribution in [0.1, 0.15) is 12.0 Å². The van der Waals surface area contributed by atoms with E-state index in [-0.39, 0.29) is 12.6 Å². The molecule has 0 aromatic heterocycles. The van der Waals surface area contributed by atoms with Gasteiger partial charge in [-0.15, -0.1) is 0 Å². The van der Waals surface area contributed by atoms with Crippen LogP contribution in [-0.4, -0.2) is 58.1 Å². The Morgan fingerprint density at radius 1 is 1.17 bits per heavy atom. The second-order valence-corrected chi connectivity index (χ2v) is 6.12. The van der Waals surface area contributed by atoms with E-state index in [0.29, 0.717) is 17.0 Å². The van der Waals surface area contributed by atoms with E-state index in [9.17, 15) is 41.3 Å². The number of benzene rings is 1. The minimum atomic E-state index is -4.99. The lowest BCUT2D eigenvalue weighted by atomic mass is 10.1. The van der Waals surface area contributed by atoms with Crippen molar-refractivity contribution in [2.45, 2.75) is 12.6 Å². The summed E-state index contributed by atoms with van der Waals surface area (Å²) in [5.74, 6) is -7.72. The first-order chi connectivity index (χ1) is 13.8. The Labute approximate surface area is 164 Å². The third-order valence-electron chi connectivity index (χ3n) is 4.08. The highest BCUT2D eigenvalue weighted by molar-refractivity contribution is 6.03. The summed E-state index contributed by atoms with van der Waals surface area (Å²) in [6.07, 6.45) is -5.39. The third kappa shape index (κ3) is 5.12. The molecule has 1 fully saturated rings. The van der Waals surface area contributed by atoms with E-state index < -0.39 is 76.9 Å². The number of carbonyl (C=O) groups excluding carboxylic acids is 1. The van der Waals surface area contributed by atoms with Gasteiger partial charge in [-0.1, -0.05) is 0 Å². The zero-order chi connectivity index (χ0) is 22.8. The highest BCUT2D eigenvalue weighted by atomic mass is 19.4. The number of nitro groups is 1. The fourth-order valence-corrected chi connectivity index (χ4v) is 2.58. The number of amides is 1. The summed E-state index contributed by atoms with van der Waals surface area (Å²) in [6, 6.07) is 0.548. The minimum Gasteiger partial charge on any atom is -0.333 e. The Morgan fingerprint density at radius 2 is 1.77 bits per heavy atom. The number of nitrogens with one attached hydrogen (secondary N) is 2. The lowest BCUT2D eigenvalue weighted by Crippen LogP contribution is -2.56. The fourth-order valence-electron chi connectivity index (χ4n) is 2.58. The lowest BCUT2D eigenvalue weighted by Gasteiger charge is -2.36. The van der Waals surface area contributed by atoms with Gasteiger partial charge in [-0.05, 0) is 6.07 Å². The molecule has 0 unspecified atom stereocenters. The molecule has 0 atom stereocenters. The molecule has 0 radical (unpaired) electrons. The van der Waals surface area contributed by atoms with Crippen molar-refractivity contribution in [3.05, 3.63) is 51.0 Å². The van der Waals surface area contributed by atoms with E-state index in [0.717, 1.165) is 4.90 Å². The van der Waals surface area contributed by atoms with Crippen molar-refractivity contribution in [3.63, 3.8) is 0 Å². The molecule has 8 nitrogen and oxygen atoms in total. The van der Waals surface area contributed by atoms with Crippen LogP contribution in [0.3, 0.4) is 0 Å². The number of nitrogens with zero attached hydrogens (tertiary/aromatic N) is 3. The van der Waals surface area contributed by atoms with Crippen molar-refractivity contribution >= 4 is 23.7 Å². The average molecular weight is 437 g/mol. The van der Waals surface area contributed by atoms with Crippen LogP contribution in [-0.2, 0) is 4.79 Å². The van der Waals surface area contributed by atoms with Crippen LogP contribution < -0.4 is 0 Å². The summed E-state index contributed by atoms with van der Waals surface area (Å²) in [5, 5.41) is 25.8. The number of rotatable bonds is 4. The molecule has 0 saturated carbocycles. The number of halogens is 6. The Bertz CT molecular complexity index is 946.